The zero-order valence-electron chi connectivity index (χ0n) is 22.0. The smallest absolute Gasteiger partial charge is 0.355 e. The van der Waals surface area contributed by atoms with Gasteiger partial charge in [-0.25, -0.2) is 4.79 Å². The predicted octanol–water partition coefficient (Wildman–Crippen LogP) is 6.23. The molecular formula is C30H31N3O6. The molecule has 4 aromatic rings. The average Bonchev–Trinajstić information content (AvgIpc) is 3.35. The van der Waals surface area contributed by atoms with Gasteiger partial charge in [-0.1, -0.05) is 24.3 Å². The fourth-order valence-electron chi connectivity index (χ4n) is 5.12. The summed E-state index contributed by atoms with van der Waals surface area (Å²) in [6, 6.07) is 20.4. The normalized spacial score (nSPS) is 13.8. The van der Waals surface area contributed by atoms with E-state index in [1.54, 1.807) is 42.9 Å². The Morgan fingerprint density at radius 2 is 1.87 bits per heavy atom. The maximum absolute atomic E-state index is 13.1. The van der Waals surface area contributed by atoms with Crippen molar-refractivity contribution in [3.8, 4) is 11.4 Å². The number of carbonyl (C=O) groups is 1. The fourth-order valence-corrected chi connectivity index (χ4v) is 5.12. The Hall–Kier alpha value is -4.37. The highest BCUT2D eigenvalue weighted by molar-refractivity contribution is 5.98. The van der Waals surface area contributed by atoms with Crippen LogP contribution in [0, 0.1) is 10.1 Å². The van der Waals surface area contributed by atoms with Crippen LogP contribution in [0.15, 0.2) is 66.7 Å². The fraction of sp³-hybridized carbons (Fsp3) is 0.300. The number of nitro benzene ring substituents is 1. The number of carbonyl (C=O) groups excluding carboxylic acids is 1. The molecule has 0 unspecified atom stereocenters. The van der Waals surface area contributed by atoms with Crippen molar-refractivity contribution in [1.82, 2.24) is 4.57 Å². The van der Waals surface area contributed by atoms with Crippen molar-refractivity contribution in [1.29, 1.82) is 0 Å². The van der Waals surface area contributed by atoms with Gasteiger partial charge in [0.15, 0.2) is 0 Å². The van der Waals surface area contributed by atoms with E-state index in [-0.39, 0.29) is 23.7 Å². The van der Waals surface area contributed by atoms with Gasteiger partial charge in [0.05, 0.1) is 24.2 Å². The van der Waals surface area contributed by atoms with Crippen LogP contribution in [0.4, 0.5) is 11.4 Å². The molecular weight excluding hydrogens is 498 g/mol. The second-order valence-corrected chi connectivity index (χ2v) is 9.42. The molecule has 0 saturated carbocycles. The van der Waals surface area contributed by atoms with E-state index < -0.39 is 10.9 Å². The van der Waals surface area contributed by atoms with Crippen molar-refractivity contribution in [2.45, 2.75) is 32.2 Å². The number of hydrogen-bond donors (Lipinski definition) is 1. The van der Waals surface area contributed by atoms with E-state index in [2.05, 4.69) is 11.4 Å². The van der Waals surface area contributed by atoms with E-state index in [1.165, 1.54) is 5.56 Å². The van der Waals surface area contributed by atoms with Crippen LogP contribution in [-0.2, 0) is 16.0 Å². The van der Waals surface area contributed by atoms with Gasteiger partial charge in [-0.2, -0.15) is 0 Å². The summed E-state index contributed by atoms with van der Waals surface area (Å²) in [7, 11) is 1.60. The summed E-state index contributed by atoms with van der Waals surface area (Å²) >= 11 is 0. The molecule has 0 aliphatic carbocycles. The molecule has 1 N–H and O–H groups in total. The second kappa shape index (κ2) is 11.6. The minimum absolute atomic E-state index is 0.123. The first-order valence-corrected chi connectivity index (χ1v) is 13.0. The minimum atomic E-state index is -0.535. The number of esters is 1. The van der Waals surface area contributed by atoms with Crippen molar-refractivity contribution >= 4 is 28.2 Å². The number of aromatic nitrogens is 1. The van der Waals surface area contributed by atoms with Crippen molar-refractivity contribution in [3.05, 3.63) is 93.7 Å². The van der Waals surface area contributed by atoms with Crippen LogP contribution < -0.4 is 10.1 Å². The number of fused-ring (bicyclic) bond motifs is 1. The third-order valence-corrected chi connectivity index (χ3v) is 7.08. The SMILES string of the molecule is CCOC(=O)c1cc2cc(C3CCOCC3)ccc2n1-c1cccc(NCc2ccc(OC)cc2)c1[N+](=O)[O-]. The Morgan fingerprint density at radius 3 is 2.56 bits per heavy atom. The van der Waals surface area contributed by atoms with Gasteiger partial charge in [0.1, 0.15) is 22.8 Å². The van der Waals surface area contributed by atoms with Gasteiger partial charge in [0.25, 0.3) is 0 Å². The Kier molecular flexibility index (Phi) is 7.79. The molecule has 9 heteroatoms. The topological polar surface area (TPSA) is 105 Å². The summed E-state index contributed by atoms with van der Waals surface area (Å²) in [6.07, 6.45) is 1.87. The number of hydrogen-bond acceptors (Lipinski definition) is 7. The van der Waals surface area contributed by atoms with Crippen LogP contribution in [0.5, 0.6) is 5.75 Å². The van der Waals surface area contributed by atoms with Crippen LogP contribution in [0.2, 0.25) is 0 Å². The number of nitrogens with one attached hydrogen (secondary N) is 1. The highest BCUT2D eigenvalue weighted by atomic mass is 16.6. The molecule has 1 aromatic heterocycles. The largest absolute Gasteiger partial charge is 0.497 e. The van der Waals surface area contributed by atoms with E-state index in [1.807, 2.05) is 36.4 Å². The summed E-state index contributed by atoms with van der Waals surface area (Å²) in [6.45, 7) is 3.75. The highest BCUT2D eigenvalue weighted by Crippen LogP contribution is 2.37. The van der Waals surface area contributed by atoms with Crippen molar-refractivity contribution in [2.75, 3.05) is 32.2 Å². The van der Waals surface area contributed by atoms with Crippen LogP contribution in [0.3, 0.4) is 0 Å². The maximum Gasteiger partial charge on any atom is 0.355 e. The molecule has 9 nitrogen and oxygen atoms in total. The second-order valence-electron chi connectivity index (χ2n) is 9.42. The third kappa shape index (κ3) is 5.44. The van der Waals surface area contributed by atoms with E-state index in [0.717, 1.165) is 42.8 Å². The van der Waals surface area contributed by atoms with Gasteiger partial charge in [-0.05, 0) is 79.3 Å². The van der Waals surface area contributed by atoms with Crippen LogP contribution in [0.1, 0.15) is 47.3 Å². The summed E-state index contributed by atoms with van der Waals surface area (Å²) in [5.41, 5.74) is 3.57. The molecule has 3 aromatic carbocycles. The lowest BCUT2D eigenvalue weighted by atomic mass is 9.91. The lowest BCUT2D eigenvalue weighted by Crippen LogP contribution is -2.14. The van der Waals surface area contributed by atoms with Crippen molar-refractivity contribution in [3.63, 3.8) is 0 Å². The average molecular weight is 530 g/mol. The Balaban J connectivity index is 1.58. The number of para-hydroxylation sites is 1. The number of ether oxygens (including phenoxy) is 3. The van der Waals surface area contributed by atoms with Gasteiger partial charge in [0.2, 0.25) is 0 Å². The predicted molar refractivity (Wildman–Crippen MR) is 149 cm³/mol. The molecule has 2 heterocycles. The van der Waals surface area contributed by atoms with Gasteiger partial charge in [0, 0.05) is 25.1 Å². The first-order valence-electron chi connectivity index (χ1n) is 13.0. The molecule has 0 radical (unpaired) electrons. The molecule has 0 bridgehead atoms. The molecule has 1 saturated heterocycles. The summed E-state index contributed by atoms with van der Waals surface area (Å²) < 4.78 is 17.7. The number of rotatable bonds is 9. The number of benzene rings is 3. The Morgan fingerprint density at radius 1 is 1.10 bits per heavy atom. The molecule has 0 atom stereocenters. The number of anilines is 1. The van der Waals surface area contributed by atoms with Gasteiger partial charge < -0.3 is 19.5 Å². The zero-order chi connectivity index (χ0) is 27.4. The standard InChI is InChI=1S/C30H31N3O6/c1-3-39-30(34)28-18-23-17-22(21-13-15-38-16-14-21)9-12-26(23)32(28)27-6-4-5-25(29(27)33(35)36)31-19-20-7-10-24(37-2)11-8-20/h4-12,17-18,21,31H,3,13-16,19H2,1-2H3. The molecule has 0 amide bonds. The van der Waals surface area contributed by atoms with Gasteiger partial charge in [-0.15, -0.1) is 0 Å². The van der Waals surface area contributed by atoms with Crippen molar-refractivity contribution < 1.29 is 23.9 Å². The number of nitrogens with zero attached hydrogens (tertiary/aromatic N) is 2. The molecule has 5 rings (SSSR count). The monoisotopic (exact) mass is 529 g/mol. The maximum atomic E-state index is 13.1. The summed E-state index contributed by atoms with van der Waals surface area (Å²) in [5, 5.41) is 16.5. The highest BCUT2D eigenvalue weighted by Gasteiger charge is 2.27. The molecule has 202 valence electrons. The van der Waals surface area contributed by atoms with E-state index in [4.69, 9.17) is 14.2 Å². The first kappa shape index (κ1) is 26.2. The lowest BCUT2D eigenvalue weighted by Gasteiger charge is -2.22. The van der Waals surface area contributed by atoms with Crippen LogP contribution in [-0.4, -0.2) is 42.4 Å². The van der Waals surface area contributed by atoms with Gasteiger partial charge >= 0.3 is 11.7 Å². The molecule has 1 aliphatic heterocycles. The first-order chi connectivity index (χ1) is 19.0. The minimum Gasteiger partial charge on any atom is -0.497 e. The van der Waals surface area contributed by atoms with Crippen molar-refractivity contribution in [2.24, 2.45) is 0 Å². The van der Waals surface area contributed by atoms with E-state index in [0.29, 0.717) is 23.7 Å². The molecule has 1 aliphatic rings. The molecule has 39 heavy (non-hydrogen) atoms. The molecule has 1 fully saturated rings. The van der Waals surface area contributed by atoms with E-state index >= 15 is 0 Å². The Labute approximate surface area is 226 Å². The van der Waals surface area contributed by atoms with Crippen LogP contribution >= 0.6 is 0 Å². The number of methoxy groups -OCH3 is 1. The summed E-state index contributed by atoms with van der Waals surface area (Å²) in [4.78, 5) is 25.1. The quantitative estimate of drug-likeness (QED) is 0.156. The third-order valence-electron chi connectivity index (χ3n) is 7.08. The number of nitro groups is 1. The van der Waals surface area contributed by atoms with E-state index in [9.17, 15) is 14.9 Å². The lowest BCUT2D eigenvalue weighted by molar-refractivity contribution is -0.383. The Bertz CT molecular complexity index is 1490. The van der Waals surface area contributed by atoms with Gasteiger partial charge in [-0.3, -0.25) is 14.7 Å². The summed E-state index contributed by atoms with van der Waals surface area (Å²) in [5.74, 6) is 0.572. The van der Waals surface area contributed by atoms with Crippen LogP contribution in [0.25, 0.3) is 16.6 Å². The zero-order valence-corrected chi connectivity index (χ0v) is 22.0. The molecule has 0 spiro atoms.